The zero-order chi connectivity index (χ0) is 20.9. The van der Waals surface area contributed by atoms with Gasteiger partial charge >= 0.3 is 0 Å². The first-order chi connectivity index (χ1) is 15.4. The first-order valence-electron chi connectivity index (χ1n) is 11.0. The van der Waals surface area contributed by atoms with Crippen LogP contribution in [-0.4, -0.2) is 37.4 Å². The average Bonchev–Trinajstić information content (AvgIpc) is 3.22. The molecule has 0 bridgehead atoms. The minimum absolute atomic E-state index is 0.780. The number of morpholine rings is 1. The van der Waals surface area contributed by atoms with Crippen LogP contribution >= 0.6 is 0 Å². The van der Waals surface area contributed by atoms with Crippen LogP contribution in [0.3, 0.4) is 0 Å². The van der Waals surface area contributed by atoms with Gasteiger partial charge in [-0.2, -0.15) is 5.10 Å². The van der Waals surface area contributed by atoms with Gasteiger partial charge in [-0.3, -0.25) is 5.43 Å². The van der Waals surface area contributed by atoms with Crippen molar-refractivity contribution in [1.82, 2.24) is 4.90 Å². The Balaban J connectivity index is 1.41. The number of allylic oxidation sites excluding steroid dienone is 2. The summed E-state index contributed by atoms with van der Waals surface area (Å²) in [6, 6.07) is 25.3. The number of hydrogen-bond acceptors (Lipinski definition) is 4. The number of nitrogens with one attached hydrogen (secondary N) is 1. The van der Waals surface area contributed by atoms with E-state index in [4.69, 9.17) is 4.74 Å². The topological polar surface area (TPSA) is 36.9 Å². The number of anilines is 1. The maximum Gasteiger partial charge on any atom is 0.0642 e. The molecule has 4 nitrogen and oxygen atoms in total. The number of hydrogen-bond donors (Lipinski definition) is 1. The zero-order valence-electron chi connectivity index (χ0n) is 17.6. The van der Waals surface area contributed by atoms with Crippen LogP contribution in [0.1, 0.15) is 18.4 Å². The van der Waals surface area contributed by atoms with Gasteiger partial charge in [-0.05, 0) is 58.5 Å². The molecule has 0 radical (unpaired) electrons. The van der Waals surface area contributed by atoms with Crippen molar-refractivity contribution < 1.29 is 4.74 Å². The largest absolute Gasteiger partial charge is 0.378 e. The smallest absolute Gasteiger partial charge is 0.0642 e. The van der Waals surface area contributed by atoms with Crippen LogP contribution in [0.4, 0.5) is 5.69 Å². The number of rotatable bonds is 5. The Hall–Kier alpha value is -3.37. The quantitative estimate of drug-likeness (QED) is 0.434. The molecule has 0 saturated carbocycles. The summed E-state index contributed by atoms with van der Waals surface area (Å²) < 4.78 is 5.59. The van der Waals surface area contributed by atoms with E-state index >= 15 is 0 Å². The molecule has 0 aromatic heterocycles. The van der Waals surface area contributed by atoms with Gasteiger partial charge in [-0.25, -0.2) is 0 Å². The van der Waals surface area contributed by atoms with E-state index in [1.54, 1.807) is 0 Å². The maximum atomic E-state index is 5.59. The van der Waals surface area contributed by atoms with Gasteiger partial charge in [-0.1, -0.05) is 60.7 Å². The lowest BCUT2D eigenvalue weighted by Gasteiger charge is -2.31. The molecule has 1 saturated heterocycles. The summed E-state index contributed by atoms with van der Waals surface area (Å²) in [5.41, 5.74) is 9.48. The second kappa shape index (κ2) is 9.19. The summed E-state index contributed by atoms with van der Waals surface area (Å²) in [5.74, 6) is 0. The second-order valence-corrected chi connectivity index (χ2v) is 7.99. The lowest BCUT2D eigenvalue weighted by atomic mass is 10.1. The van der Waals surface area contributed by atoms with Gasteiger partial charge in [0.1, 0.15) is 0 Å². The monoisotopic (exact) mass is 409 g/mol. The van der Waals surface area contributed by atoms with Crippen molar-refractivity contribution in [3.05, 3.63) is 95.2 Å². The lowest BCUT2D eigenvalue weighted by molar-refractivity contribution is 0.0548. The van der Waals surface area contributed by atoms with Crippen molar-refractivity contribution in [2.75, 3.05) is 31.7 Å². The molecule has 156 valence electrons. The van der Waals surface area contributed by atoms with Crippen LogP contribution in [0.15, 0.2) is 94.7 Å². The normalized spacial score (nSPS) is 18.5. The third-order valence-corrected chi connectivity index (χ3v) is 5.90. The fraction of sp³-hybridized carbons (Fsp3) is 0.222. The highest BCUT2D eigenvalue weighted by Crippen LogP contribution is 2.35. The van der Waals surface area contributed by atoms with Gasteiger partial charge in [0.2, 0.25) is 0 Å². The van der Waals surface area contributed by atoms with E-state index in [9.17, 15) is 0 Å². The Kier molecular flexibility index (Phi) is 5.81. The van der Waals surface area contributed by atoms with Crippen molar-refractivity contribution in [1.29, 1.82) is 0 Å². The lowest BCUT2D eigenvalue weighted by Crippen LogP contribution is -2.36. The van der Waals surface area contributed by atoms with Gasteiger partial charge < -0.3 is 9.64 Å². The van der Waals surface area contributed by atoms with Gasteiger partial charge in [0.15, 0.2) is 0 Å². The molecule has 0 atom stereocenters. The molecule has 1 heterocycles. The van der Waals surface area contributed by atoms with Gasteiger partial charge in [0.05, 0.1) is 25.1 Å². The molecule has 1 N–H and O–H groups in total. The van der Waals surface area contributed by atoms with Crippen molar-refractivity contribution in [3.63, 3.8) is 0 Å². The van der Waals surface area contributed by atoms with E-state index in [2.05, 4.69) is 94.3 Å². The summed E-state index contributed by atoms with van der Waals surface area (Å²) in [5, 5.41) is 7.05. The zero-order valence-corrected chi connectivity index (χ0v) is 17.6. The van der Waals surface area contributed by atoms with Crippen molar-refractivity contribution in [2.45, 2.75) is 12.8 Å². The molecule has 3 aromatic rings. The standard InChI is InChI=1S/C27H27N3O/c1-2-6-21(7-3-1)18-24-10-11-25(27(24)30-14-16-31-17-15-30)20-28-29-26-13-12-22-8-4-5-9-23(22)19-26/h1-9,12-13,18-20,29H,10-11,14-17H2/b24-18-,28-20+. The van der Waals surface area contributed by atoms with Crippen molar-refractivity contribution in [2.24, 2.45) is 5.10 Å². The number of nitrogens with zero attached hydrogens (tertiary/aromatic N) is 2. The van der Waals surface area contributed by atoms with Crippen LogP contribution in [0.5, 0.6) is 0 Å². The Bertz CT molecular complexity index is 1140. The molecule has 5 rings (SSSR count). The van der Waals surface area contributed by atoms with E-state index in [1.165, 1.54) is 33.2 Å². The third-order valence-electron chi connectivity index (χ3n) is 5.90. The van der Waals surface area contributed by atoms with E-state index in [0.717, 1.165) is 44.8 Å². The highest BCUT2D eigenvalue weighted by molar-refractivity contribution is 5.87. The van der Waals surface area contributed by atoms with Crippen LogP contribution in [0, 0.1) is 0 Å². The van der Waals surface area contributed by atoms with E-state index in [1.807, 2.05) is 6.21 Å². The van der Waals surface area contributed by atoms with E-state index in [0.29, 0.717) is 0 Å². The van der Waals surface area contributed by atoms with Crippen LogP contribution < -0.4 is 5.43 Å². The molecule has 0 amide bonds. The molecule has 0 spiro atoms. The predicted molar refractivity (Wildman–Crippen MR) is 129 cm³/mol. The maximum absolute atomic E-state index is 5.59. The summed E-state index contributed by atoms with van der Waals surface area (Å²) in [7, 11) is 0. The van der Waals surface area contributed by atoms with E-state index < -0.39 is 0 Å². The minimum atomic E-state index is 0.780. The molecule has 3 aromatic carbocycles. The Morgan fingerprint density at radius 3 is 2.45 bits per heavy atom. The van der Waals surface area contributed by atoms with Gasteiger partial charge in [-0.15, -0.1) is 0 Å². The molecule has 1 fully saturated rings. The summed E-state index contributed by atoms with van der Waals surface area (Å²) in [6.45, 7) is 3.41. The van der Waals surface area contributed by atoms with Crippen LogP contribution in [0.2, 0.25) is 0 Å². The Morgan fingerprint density at radius 1 is 0.839 bits per heavy atom. The highest BCUT2D eigenvalue weighted by Gasteiger charge is 2.25. The van der Waals surface area contributed by atoms with Crippen molar-refractivity contribution >= 4 is 28.8 Å². The molecule has 2 aliphatic rings. The second-order valence-electron chi connectivity index (χ2n) is 7.99. The molecule has 1 aliphatic carbocycles. The molecule has 0 unspecified atom stereocenters. The van der Waals surface area contributed by atoms with Crippen LogP contribution in [-0.2, 0) is 4.74 Å². The Labute approximate surface area is 183 Å². The fourth-order valence-electron chi connectivity index (χ4n) is 4.37. The SMILES string of the molecule is C(=C1\CCC(/C=N/Nc2ccc3ccccc3c2)=C1N1CCOCC1)/c1ccccc1. The van der Waals surface area contributed by atoms with Gasteiger partial charge in [0.25, 0.3) is 0 Å². The summed E-state index contributed by atoms with van der Waals surface area (Å²) in [4.78, 5) is 2.46. The summed E-state index contributed by atoms with van der Waals surface area (Å²) >= 11 is 0. The molecule has 4 heteroatoms. The first kappa shape index (κ1) is 19.6. The molecule has 31 heavy (non-hydrogen) atoms. The number of ether oxygens (including phenoxy) is 1. The summed E-state index contributed by atoms with van der Waals surface area (Å²) in [6.07, 6.45) is 6.38. The third kappa shape index (κ3) is 4.54. The van der Waals surface area contributed by atoms with Crippen molar-refractivity contribution in [3.8, 4) is 0 Å². The first-order valence-corrected chi connectivity index (χ1v) is 11.0. The number of hydrazone groups is 1. The molecular weight excluding hydrogens is 382 g/mol. The van der Waals surface area contributed by atoms with Crippen LogP contribution in [0.25, 0.3) is 16.8 Å². The van der Waals surface area contributed by atoms with Gasteiger partial charge in [0, 0.05) is 18.8 Å². The number of fused-ring (bicyclic) bond motifs is 1. The number of benzene rings is 3. The minimum Gasteiger partial charge on any atom is -0.378 e. The highest BCUT2D eigenvalue weighted by atomic mass is 16.5. The molecule has 1 aliphatic heterocycles. The Morgan fingerprint density at radius 2 is 1.61 bits per heavy atom. The molecular formula is C27H27N3O. The predicted octanol–water partition coefficient (Wildman–Crippen LogP) is 5.70. The fourth-order valence-corrected chi connectivity index (χ4v) is 4.37. The van der Waals surface area contributed by atoms with E-state index in [-0.39, 0.29) is 0 Å². The average molecular weight is 410 g/mol.